The van der Waals surface area contributed by atoms with Gasteiger partial charge in [0, 0.05) is 22.1 Å². The average molecular weight is 728 g/mol. The van der Waals surface area contributed by atoms with Crippen LogP contribution in [0.15, 0.2) is 200 Å². The molecule has 0 fully saturated rings. The van der Waals surface area contributed by atoms with E-state index in [-0.39, 0.29) is 5.41 Å². The molecule has 57 heavy (non-hydrogen) atoms. The first-order chi connectivity index (χ1) is 28.2. The van der Waals surface area contributed by atoms with Gasteiger partial charge in [0.25, 0.3) is 0 Å². The molecule has 1 atom stereocenters. The lowest BCUT2D eigenvalue weighted by Crippen LogP contribution is -2.56. The fourth-order valence-corrected chi connectivity index (χ4v) is 11.4. The number of benzene rings is 7. The minimum atomic E-state index is -0.636. The van der Waals surface area contributed by atoms with Gasteiger partial charge in [-0.3, -0.25) is 0 Å². The predicted octanol–water partition coefficient (Wildman–Crippen LogP) is 12.4. The Bertz CT molecular complexity index is 2860. The second-order valence-electron chi connectivity index (χ2n) is 16.0. The van der Waals surface area contributed by atoms with Crippen molar-refractivity contribution in [1.29, 1.82) is 0 Å². The Morgan fingerprint density at radius 2 is 0.825 bits per heavy atom. The van der Waals surface area contributed by atoms with E-state index < -0.39 is 10.8 Å². The largest absolute Gasteiger partial charge is 0.208 e. The molecular weight excluding hydrogens is 691 g/mol. The number of rotatable bonds is 3. The van der Waals surface area contributed by atoms with Crippen LogP contribution in [0, 0.1) is 5.41 Å². The summed E-state index contributed by atoms with van der Waals surface area (Å²) in [6.07, 6.45) is 8.06. The minimum Gasteiger partial charge on any atom is -0.208 e. The summed E-state index contributed by atoms with van der Waals surface area (Å²) in [5, 5.41) is 0. The lowest BCUT2D eigenvalue weighted by atomic mass is 9.40. The third kappa shape index (κ3) is 4.03. The molecule has 268 valence electrons. The van der Waals surface area contributed by atoms with E-state index in [1.165, 1.54) is 61.2 Å². The van der Waals surface area contributed by atoms with Gasteiger partial charge in [0.1, 0.15) is 0 Å². The number of allylic oxidation sites excluding steroid dienone is 4. The molecule has 12 rings (SSSR count). The summed E-state index contributed by atoms with van der Waals surface area (Å²) < 4.78 is 0. The number of nitrogens with zero attached hydrogens (tertiary/aromatic N) is 3. The van der Waals surface area contributed by atoms with Crippen LogP contribution in [-0.2, 0) is 10.8 Å². The SMILES string of the molecule is CC12CC=CC=C1C1(c3ccccc3-c3ccccc31)c1c(-c3nc(-c4ccccc4)nc(-c4ccccc4)n3)cccc1C21c2ccccc2-c2ccccc21. The molecule has 4 aliphatic rings. The highest BCUT2D eigenvalue weighted by molar-refractivity contribution is 5.94. The van der Waals surface area contributed by atoms with Crippen molar-refractivity contribution in [2.24, 2.45) is 5.41 Å². The van der Waals surface area contributed by atoms with Gasteiger partial charge in [-0.1, -0.05) is 201 Å². The minimum absolute atomic E-state index is 0.357. The topological polar surface area (TPSA) is 38.7 Å². The third-order valence-electron chi connectivity index (χ3n) is 13.4. The zero-order valence-electron chi connectivity index (χ0n) is 31.5. The van der Waals surface area contributed by atoms with Crippen LogP contribution in [0.3, 0.4) is 0 Å². The van der Waals surface area contributed by atoms with Gasteiger partial charge in [-0.2, -0.15) is 0 Å². The van der Waals surface area contributed by atoms with Gasteiger partial charge < -0.3 is 0 Å². The van der Waals surface area contributed by atoms with Crippen LogP contribution in [0.5, 0.6) is 0 Å². The molecule has 3 heteroatoms. The second-order valence-corrected chi connectivity index (χ2v) is 16.0. The van der Waals surface area contributed by atoms with E-state index in [2.05, 4.69) is 189 Å². The molecule has 0 bridgehead atoms. The normalized spacial score (nSPS) is 18.2. The maximum atomic E-state index is 5.44. The summed E-state index contributed by atoms with van der Waals surface area (Å²) >= 11 is 0. The third-order valence-corrected chi connectivity index (χ3v) is 13.4. The molecule has 7 aromatic carbocycles. The molecule has 0 saturated carbocycles. The zero-order valence-corrected chi connectivity index (χ0v) is 31.5. The molecule has 1 aromatic heterocycles. The fraction of sp³-hybridized carbons (Fsp3) is 0.0926. The molecule has 0 saturated heterocycles. The second kappa shape index (κ2) is 11.8. The molecule has 8 aromatic rings. The zero-order chi connectivity index (χ0) is 37.8. The van der Waals surface area contributed by atoms with Crippen molar-refractivity contribution >= 4 is 0 Å². The Kier molecular flexibility index (Phi) is 6.67. The Labute approximate surface area is 332 Å². The highest BCUT2D eigenvalue weighted by Crippen LogP contribution is 2.75. The lowest BCUT2D eigenvalue weighted by Gasteiger charge is -2.61. The molecule has 3 nitrogen and oxygen atoms in total. The van der Waals surface area contributed by atoms with Crippen LogP contribution < -0.4 is 0 Å². The van der Waals surface area contributed by atoms with Gasteiger partial charge in [-0.25, -0.2) is 15.0 Å². The molecule has 0 aliphatic heterocycles. The monoisotopic (exact) mass is 727 g/mol. The standard InChI is InChI=1S/C54H37N3/c1-52-34-17-16-33-47(52)53(42-28-12-8-23-37(42)38-24-9-13-29-43(38)53)48-41(51-56-49(35-19-4-2-5-20-35)55-50(57-51)36-21-6-3-7-22-36)27-18-32-46(48)54(52)44-30-14-10-25-39(44)40-26-11-15-31-45(40)54/h2-33H,34H2,1H3. The van der Waals surface area contributed by atoms with Crippen molar-refractivity contribution in [3.05, 3.63) is 233 Å². The quantitative estimate of drug-likeness (QED) is 0.182. The van der Waals surface area contributed by atoms with E-state index in [0.717, 1.165) is 23.1 Å². The van der Waals surface area contributed by atoms with Gasteiger partial charge >= 0.3 is 0 Å². The van der Waals surface area contributed by atoms with Gasteiger partial charge in [-0.05, 0) is 67.6 Å². The number of aromatic nitrogens is 3. The Morgan fingerprint density at radius 1 is 0.404 bits per heavy atom. The summed E-state index contributed by atoms with van der Waals surface area (Å²) in [5.74, 6) is 1.99. The van der Waals surface area contributed by atoms with Gasteiger partial charge in [0.15, 0.2) is 17.5 Å². The molecule has 0 radical (unpaired) electrons. The Balaban J connectivity index is 1.30. The van der Waals surface area contributed by atoms with E-state index in [1.807, 2.05) is 12.1 Å². The molecule has 4 aliphatic carbocycles. The molecule has 1 heterocycles. The first-order valence-electron chi connectivity index (χ1n) is 19.9. The summed E-state index contributed by atoms with van der Waals surface area (Å²) in [6.45, 7) is 2.55. The summed E-state index contributed by atoms with van der Waals surface area (Å²) in [6, 6.07) is 64.1. The predicted molar refractivity (Wildman–Crippen MR) is 230 cm³/mol. The van der Waals surface area contributed by atoms with Gasteiger partial charge in [0.05, 0.1) is 10.8 Å². The number of hydrogen-bond acceptors (Lipinski definition) is 3. The smallest absolute Gasteiger partial charge is 0.164 e. The Morgan fingerprint density at radius 3 is 1.37 bits per heavy atom. The molecule has 0 amide bonds. The number of fused-ring (bicyclic) bond motifs is 16. The van der Waals surface area contributed by atoms with E-state index in [1.54, 1.807) is 0 Å². The average Bonchev–Trinajstić information content (AvgIpc) is 3.75. The highest BCUT2D eigenvalue weighted by Gasteiger charge is 2.68. The molecule has 1 unspecified atom stereocenters. The van der Waals surface area contributed by atoms with Crippen molar-refractivity contribution in [2.75, 3.05) is 0 Å². The van der Waals surface area contributed by atoms with Crippen LogP contribution in [0.1, 0.15) is 46.7 Å². The van der Waals surface area contributed by atoms with E-state index in [4.69, 9.17) is 15.0 Å². The van der Waals surface area contributed by atoms with Crippen LogP contribution in [0.25, 0.3) is 56.4 Å². The Hall–Kier alpha value is -6.97. The fourth-order valence-electron chi connectivity index (χ4n) is 11.4. The van der Waals surface area contributed by atoms with E-state index in [0.29, 0.717) is 17.5 Å². The molecular formula is C54H37N3. The van der Waals surface area contributed by atoms with Crippen molar-refractivity contribution < 1.29 is 0 Å². The van der Waals surface area contributed by atoms with Crippen molar-refractivity contribution in [2.45, 2.75) is 24.2 Å². The maximum Gasteiger partial charge on any atom is 0.164 e. The summed E-state index contributed by atoms with van der Waals surface area (Å²) in [7, 11) is 0. The first kappa shape index (κ1) is 32.3. The number of hydrogen-bond donors (Lipinski definition) is 0. The van der Waals surface area contributed by atoms with Crippen LogP contribution in [0.4, 0.5) is 0 Å². The van der Waals surface area contributed by atoms with E-state index >= 15 is 0 Å². The van der Waals surface area contributed by atoms with Crippen LogP contribution in [-0.4, -0.2) is 15.0 Å². The highest BCUT2D eigenvalue weighted by atomic mass is 15.0. The lowest BCUT2D eigenvalue weighted by molar-refractivity contribution is 0.230. The summed E-state index contributed by atoms with van der Waals surface area (Å²) in [4.78, 5) is 16.0. The molecule has 2 spiro atoms. The van der Waals surface area contributed by atoms with Crippen molar-refractivity contribution in [1.82, 2.24) is 15.0 Å². The summed E-state index contributed by atoms with van der Waals surface area (Å²) in [5.41, 5.74) is 15.9. The van der Waals surface area contributed by atoms with E-state index in [9.17, 15) is 0 Å². The van der Waals surface area contributed by atoms with Crippen LogP contribution >= 0.6 is 0 Å². The molecule has 0 N–H and O–H groups in total. The van der Waals surface area contributed by atoms with Gasteiger partial charge in [0.2, 0.25) is 0 Å². The van der Waals surface area contributed by atoms with Gasteiger partial charge in [-0.15, -0.1) is 0 Å². The maximum absolute atomic E-state index is 5.44. The first-order valence-corrected chi connectivity index (χ1v) is 19.9. The van der Waals surface area contributed by atoms with Crippen molar-refractivity contribution in [3.8, 4) is 56.4 Å². The van der Waals surface area contributed by atoms with Crippen LogP contribution in [0.2, 0.25) is 0 Å². The van der Waals surface area contributed by atoms with Crippen molar-refractivity contribution in [3.63, 3.8) is 0 Å².